The van der Waals surface area contributed by atoms with Gasteiger partial charge in [0.25, 0.3) is 0 Å². The zero-order chi connectivity index (χ0) is 49.0. The fraction of sp³-hybridized carbons (Fsp3) is 0.0303. The summed E-state index contributed by atoms with van der Waals surface area (Å²) in [4.78, 5) is 33.9. The number of rotatable bonds is 9. The van der Waals surface area contributed by atoms with E-state index in [9.17, 15) is 0 Å². The van der Waals surface area contributed by atoms with Crippen LogP contribution in [0.4, 0.5) is 11.6 Å². The van der Waals surface area contributed by atoms with Crippen molar-refractivity contribution in [1.29, 1.82) is 0 Å². The van der Waals surface area contributed by atoms with Gasteiger partial charge >= 0.3 is 0 Å². The van der Waals surface area contributed by atoms with Crippen molar-refractivity contribution in [2.24, 2.45) is 0 Å². The Bertz CT molecular complexity index is 4080. The first-order chi connectivity index (χ1) is 36.7. The molecule has 2 aliphatic rings. The second-order valence-electron chi connectivity index (χ2n) is 18.7. The second-order valence-corrected chi connectivity index (χ2v) is 18.7. The van der Waals surface area contributed by atoms with E-state index in [1.807, 2.05) is 78.9 Å². The van der Waals surface area contributed by atoms with Crippen LogP contribution in [-0.2, 0) is 0 Å². The fourth-order valence-corrected chi connectivity index (χ4v) is 10.7. The molecule has 0 N–H and O–H groups in total. The topological polar surface area (TPSA) is 85.5 Å². The molecule has 0 radical (unpaired) electrons. The van der Waals surface area contributed by atoms with E-state index >= 15 is 0 Å². The summed E-state index contributed by atoms with van der Waals surface area (Å²) >= 11 is 0. The van der Waals surface area contributed by atoms with Gasteiger partial charge in [-0.2, -0.15) is 9.97 Å². The first kappa shape index (κ1) is 42.9. The lowest BCUT2D eigenvalue weighted by Crippen LogP contribution is -2.30. The Morgan fingerprint density at radius 3 is 1.43 bits per heavy atom. The van der Waals surface area contributed by atoms with Crippen molar-refractivity contribution in [1.82, 2.24) is 34.5 Å². The molecule has 9 aromatic carbocycles. The highest BCUT2D eigenvalue weighted by molar-refractivity contribution is 6.15. The minimum absolute atomic E-state index is 0.0418. The molecule has 8 nitrogen and oxygen atoms in total. The monoisotopic (exact) mass is 948 g/mol. The lowest BCUT2D eigenvalue weighted by atomic mass is 9.91. The highest BCUT2D eigenvalue weighted by Crippen LogP contribution is 2.52. The van der Waals surface area contributed by atoms with E-state index in [2.05, 4.69) is 185 Å². The normalized spacial score (nSPS) is 14.6. The van der Waals surface area contributed by atoms with E-state index in [0.717, 1.165) is 77.9 Å². The Morgan fingerprint density at radius 1 is 0.324 bits per heavy atom. The molecular weight excluding hydrogens is 905 g/mol. The molecule has 0 saturated heterocycles. The van der Waals surface area contributed by atoms with Crippen LogP contribution in [0.2, 0.25) is 0 Å². The second kappa shape index (κ2) is 18.0. The molecule has 14 rings (SSSR count). The van der Waals surface area contributed by atoms with Crippen molar-refractivity contribution >= 4 is 33.4 Å². The molecule has 3 aromatic heterocycles. The van der Waals surface area contributed by atoms with Gasteiger partial charge in [0.05, 0.1) is 22.8 Å². The molecule has 2 unspecified atom stereocenters. The Balaban J connectivity index is 0.981. The number of anilines is 2. The lowest BCUT2D eigenvalue weighted by molar-refractivity contribution is 0.728. The van der Waals surface area contributed by atoms with E-state index in [4.69, 9.17) is 29.9 Å². The molecule has 0 spiro atoms. The minimum Gasteiger partial charge on any atom is -0.307 e. The van der Waals surface area contributed by atoms with Crippen LogP contribution in [0, 0.1) is 0 Å². The maximum absolute atomic E-state index is 5.53. The zero-order valence-corrected chi connectivity index (χ0v) is 40.0. The van der Waals surface area contributed by atoms with Crippen LogP contribution in [0.3, 0.4) is 0 Å². The molecule has 74 heavy (non-hydrogen) atoms. The summed E-state index contributed by atoms with van der Waals surface area (Å²) in [6, 6.07) is 79.9. The number of nitrogens with zero attached hydrogens (tertiary/aromatic N) is 8. The third-order valence-electron chi connectivity index (χ3n) is 14.2. The van der Waals surface area contributed by atoms with Crippen molar-refractivity contribution < 1.29 is 0 Å². The molecule has 12 aromatic rings. The summed E-state index contributed by atoms with van der Waals surface area (Å²) in [5.41, 5.74) is 14.4. The highest BCUT2D eigenvalue weighted by Gasteiger charge is 2.41. The van der Waals surface area contributed by atoms with Crippen molar-refractivity contribution in [3.05, 3.63) is 260 Å². The SMILES string of the molecule is C1=CC2c3ccc4c5ccccc5n(-c5cccc(-c6ccccc6)c5)c4c3N(c3nc(-c4ccc(-c5ccccc5)cc4)nc(-c4cccc(-c5nc(-c6ccccc6)nc(-c6ccccc6)n5)c4)n3)C2C=C1. The molecule has 0 bridgehead atoms. The molecule has 0 amide bonds. The Morgan fingerprint density at radius 2 is 0.784 bits per heavy atom. The summed E-state index contributed by atoms with van der Waals surface area (Å²) in [7, 11) is 0. The number of aromatic nitrogens is 7. The van der Waals surface area contributed by atoms with Crippen LogP contribution in [0.1, 0.15) is 11.5 Å². The van der Waals surface area contributed by atoms with Gasteiger partial charge in [0.1, 0.15) is 0 Å². The summed E-state index contributed by atoms with van der Waals surface area (Å²) in [6.07, 6.45) is 8.91. The lowest BCUT2D eigenvalue weighted by Gasteiger charge is -2.28. The summed E-state index contributed by atoms with van der Waals surface area (Å²) < 4.78 is 2.44. The number of allylic oxidation sites excluding steroid dienone is 2. The predicted molar refractivity (Wildman–Crippen MR) is 299 cm³/mol. The number of para-hydroxylation sites is 1. The smallest absolute Gasteiger partial charge is 0.234 e. The largest absolute Gasteiger partial charge is 0.307 e. The van der Waals surface area contributed by atoms with E-state index in [0.29, 0.717) is 35.1 Å². The molecule has 4 heterocycles. The molecule has 348 valence electrons. The molecule has 8 heteroatoms. The third kappa shape index (κ3) is 7.56. The van der Waals surface area contributed by atoms with Crippen LogP contribution in [0.25, 0.3) is 107 Å². The number of hydrogen-bond donors (Lipinski definition) is 0. The van der Waals surface area contributed by atoms with E-state index in [1.54, 1.807) is 0 Å². The number of hydrogen-bond acceptors (Lipinski definition) is 7. The highest BCUT2D eigenvalue weighted by atomic mass is 15.3. The standard InChI is InChI=1S/C66H44N8/c1-5-19-43(20-6-1)45-35-37-48(38-36-45)63-70-65(51-29-17-28-50(41-51)64-68-61(46-23-9-3-10-24-46)67-62(69-64)47-25-11-4-12-26-47)72-66(71-63)74-58-34-16-14-32-54(58)56-40-39-55-53-31-13-15-33-57(53)73(59(55)60(56)74)52-30-18-27-49(42-52)44-21-7-2-8-22-44/h1-42,54,58H. The van der Waals surface area contributed by atoms with Gasteiger partial charge in [0, 0.05) is 50.2 Å². The molecule has 0 fully saturated rings. The van der Waals surface area contributed by atoms with E-state index in [-0.39, 0.29) is 12.0 Å². The average Bonchev–Trinajstić information content (AvgIpc) is 4.01. The van der Waals surface area contributed by atoms with Gasteiger partial charge in [-0.15, -0.1) is 0 Å². The minimum atomic E-state index is -0.115. The molecule has 0 saturated carbocycles. The van der Waals surface area contributed by atoms with E-state index < -0.39 is 0 Å². The molecule has 2 atom stereocenters. The fourth-order valence-electron chi connectivity index (χ4n) is 10.7. The number of benzene rings is 9. The van der Waals surface area contributed by atoms with Gasteiger partial charge in [0.15, 0.2) is 29.1 Å². The van der Waals surface area contributed by atoms with Crippen molar-refractivity contribution in [2.45, 2.75) is 12.0 Å². The maximum atomic E-state index is 5.53. The van der Waals surface area contributed by atoms with Crippen LogP contribution in [0.5, 0.6) is 0 Å². The van der Waals surface area contributed by atoms with Crippen LogP contribution < -0.4 is 4.90 Å². The van der Waals surface area contributed by atoms with Gasteiger partial charge in [0.2, 0.25) is 5.95 Å². The van der Waals surface area contributed by atoms with Crippen LogP contribution >= 0.6 is 0 Å². The molecular formula is C66H44N8. The maximum Gasteiger partial charge on any atom is 0.234 e. The number of fused-ring (bicyclic) bond motifs is 7. The van der Waals surface area contributed by atoms with Gasteiger partial charge < -0.3 is 9.47 Å². The molecule has 1 aliphatic heterocycles. The first-order valence-electron chi connectivity index (χ1n) is 24.9. The predicted octanol–water partition coefficient (Wildman–Crippen LogP) is 15.6. The van der Waals surface area contributed by atoms with Crippen molar-refractivity contribution in [3.63, 3.8) is 0 Å². The van der Waals surface area contributed by atoms with E-state index in [1.165, 1.54) is 10.9 Å². The first-order valence-corrected chi connectivity index (χ1v) is 24.9. The third-order valence-corrected chi connectivity index (χ3v) is 14.2. The van der Waals surface area contributed by atoms with Crippen LogP contribution in [-0.4, -0.2) is 40.5 Å². The van der Waals surface area contributed by atoms with Crippen molar-refractivity contribution in [2.75, 3.05) is 4.90 Å². The average molecular weight is 949 g/mol. The van der Waals surface area contributed by atoms with Crippen molar-refractivity contribution in [3.8, 4) is 84.9 Å². The van der Waals surface area contributed by atoms with Gasteiger partial charge in [-0.25, -0.2) is 19.9 Å². The summed E-state index contributed by atoms with van der Waals surface area (Å²) in [5, 5.41) is 2.33. The zero-order valence-electron chi connectivity index (χ0n) is 40.0. The quantitative estimate of drug-likeness (QED) is 0.142. The van der Waals surface area contributed by atoms with Gasteiger partial charge in [-0.05, 0) is 52.1 Å². The molecule has 1 aliphatic carbocycles. The Labute approximate surface area is 428 Å². The van der Waals surface area contributed by atoms with Gasteiger partial charge in [-0.3, -0.25) is 0 Å². The summed E-state index contributed by atoms with van der Waals surface area (Å²) in [5.74, 6) is 3.43. The van der Waals surface area contributed by atoms with Crippen LogP contribution in [0.15, 0.2) is 255 Å². The Hall–Kier alpha value is -9.92. The Kier molecular flexibility index (Phi) is 10.5. The summed E-state index contributed by atoms with van der Waals surface area (Å²) in [6.45, 7) is 0. The van der Waals surface area contributed by atoms with Gasteiger partial charge in [-0.1, -0.05) is 231 Å².